The predicted octanol–water partition coefficient (Wildman–Crippen LogP) is 3.13. The lowest BCUT2D eigenvalue weighted by atomic mass is 10.2. The molecule has 0 radical (unpaired) electrons. The molecule has 1 amide bonds. The molecule has 2 heterocycles. The van der Waals surface area contributed by atoms with Crippen LogP contribution in [-0.2, 0) is 6.54 Å². The van der Waals surface area contributed by atoms with Gasteiger partial charge >= 0.3 is 0 Å². The van der Waals surface area contributed by atoms with Crippen molar-refractivity contribution in [1.29, 1.82) is 0 Å². The summed E-state index contributed by atoms with van der Waals surface area (Å²) in [5, 5.41) is 21.8. The maximum absolute atomic E-state index is 12.6. The van der Waals surface area contributed by atoms with Crippen molar-refractivity contribution in [3.8, 4) is 11.6 Å². The van der Waals surface area contributed by atoms with E-state index < -0.39 is 4.92 Å². The molecule has 2 aromatic heterocycles. The van der Waals surface area contributed by atoms with Gasteiger partial charge in [0.2, 0.25) is 5.88 Å². The van der Waals surface area contributed by atoms with Crippen molar-refractivity contribution < 1.29 is 14.5 Å². The van der Waals surface area contributed by atoms with Crippen LogP contribution in [0.25, 0.3) is 5.69 Å². The topological polar surface area (TPSA) is 125 Å². The number of non-ortho nitro benzene ring substituents is 1. The van der Waals surface area contributed by atoms with Gasteiger partial charge in [-0.1, -0.05) is 11.3 Å². The molecule has 160 valence electrons. The lowest BCUT2D eigenvalue weighted by Gasteiger charge is -2.12. The van der Waals surface area contributed by atoms with Crippen LogP contribution in [0.1, 0.15) is 47.4 Å². The summed E-state index contributed by atoms with van der Waals surface area (Å²) in [4.78, 5) is 27.4. The summed E-state index contributed by atoms with van der Waals surface area (Å²) in [6.07, 6.45) is 6.32. The molecule has 1 aliphatic carbocycles. The minimum atomic E-state index is -0.483. The summed E-state index contributed by atoms with van der Waals surface area (Å²) in [6, 6.07) is 9.64. The number of nitro groups is 1. The number of hydrogen-bond acceptors (Lipinski definition) is 7. The highest BCUT2D eigenvalue weighted by Gasteiger charge is 2.19. The van der Waals surface area contributed by atoms with Crippen molar-refractivity contribution in [3.63, 3.8) is 0 Å². The fourth-order valence-corrected chi connectivity index (χ4v) is 3.59. The zero-order valence-corrected chi connectivity index (χ0v) is 17.0. The predicted molar refractivity (Wildman–Crippen MR) is 111 cm³/mol. The highest BCUT2D eigenvalue weighted by molar-refractivity contribution is 5.93. The van der Waals surface area contributed by atoms with Gasteiger partial charge in [0.05, 0.1) is 16.3 Å². The zero-order chi connectivity index (χ0) is 21.8. The fraction of sp³-hybridized carbons (Fsp3) is 0.333. The number of carbonyl (C=O) groups is 1. The second kappa shape index (κ2) is 8.90. The number of nitrogens with zero attached hydrogens (tertiary/aromatic N) is 5. The SMILES string of the molecule is Cc1c(C(=O)NCc2ccnc(OC3CCCC3)c2)nnn1-c1cccc([N+](=O)[O-])c1. The van der Waals surface area contributed by atoms with Gasteiger partial charge in [0.25, 0.3) is 11.6 Å². The van der Waals surface area contributed by atoms with Crippen molar-refractivity contribution >= 4 is 11.6 Å². The Kier molecular flexibility index (Phi) is 5.87. The smallest absolute Gasteiger partial charge is 0.274 e. The first-order chi connectivity index (χ1) is 15.0. The van der Waals surface area contributed by atoms with Crippen LogP contribution in [0.2, 0.25) is 0 Å². The van der Waals surface area contributed by atoms with E-state index in [1.165, 1.54) is 29.7 Å². The molecule has 1 aliphatic rings. The Labute approximate surface area is 178 Å². The molecule has 0 saturated heterocycles. The van der Waals surface area contributed by atoms with Gasteiger partial charge in [0, 0.05) is 30.9 Å². The lowest BCUT2D eigenvalue weighted by molar-refractivity contribution is -0.384. The van der Waals surface area contributed by atoms with E-state index in [1.54, 1.807) is 25.3 Å². The maximum atomic E-state index is 12.6. The van der Waals surface area contributed by atoms with E-state index >= 15 is 0 Å². The number of pyridine rings is 1. The van der Waals surface area contributed by atoms with Crippen molar-refractivity contribution in [3.05, 3.63) is 69.7 Å². The molecule has 31 heavy (non-hydrogen) atoms. The quantitative estimate of drug-likeness (QED) is 0.458. The second-order valence-electron chi connectivity index (χ2n) is 7.42. The van der Waals surface area contributed by atoms with Crippen molar-refractivity contribution in [2.45, 2.75) is 45.3 Å². The number of carbonyl (C=O) groups excluding carboxylic acids is 1. The Morgan fingerprint density at radius 1 is 1.29 bits per heavy atom. The number of hydrogen-bond donors (Lipinski definition) is 1. The van der Waals surface area contributed by atoms with Crippen LogP contribution in [0, 0.1) is 17.0 Å². The molecule has 0 spiro atoms. The van der Waals surface area contributed by atoms with E-state index in [0.717, 1.165) is 18.4 Å². The number of benzene rings is 1. The van der Waals surface area contributed by atoms with Gasteiger partial charge in [-0.3, -0.25) is 14.9 Å². The van der Waals surface area contributed by atoms with E-state index in [9.17, 15) is 14.9 Å². The molecule has 3 aromatic rings. The molecule has 1 fully saturated rings. The van der Waals surface area contributed by atoms with Gasteiger partial charge in [-0.25, -0.2) is 9.67 Å². The Balaban J connectivity index is 1.43. The van der Waals surface area contributed by atoms with Gasteiger partial charge in [-0.2, -0.15) is 0 Å². The Hall–Kier alpha value is -3.82. The molecule has 0 aliphatic heterocycles. The van der Waals surface area contributed by atoms with Gasteiger partial charge in [0.15, 0.2) is 5.69 Å². The highest BCUT2D eigenvalue weighted by atomic mass is 16.6. The first-order valence-electron chi connectivity index (χ1n) is 10.1. The number of ether oxygens (including phenoxy) is 1. The monoisotopic (exact) mass is 422 g/mol. The Morgan fingerprint density at radius 3 is 2.87 bits per heavy atom. The van der Waals surface area contributed by atoms with Gasteiger partial charge < -0.3 is 10.1 Å². The van der Waals surface area contributed by atoms with Gasteiger partial charge in [-0.05, 0) is 50.3 Å². The van der Waals surface area contributed by atoms with Gasteiger partial charge in [0.1, 0.15) is 6.10 Å². The van der Waals surface area contributed by atoms with E-state index in [1.807, 2.05) is 12.1 Å². The Morgan fingerprint density at radius 2 is 2.10 bits per heavy atom. The fourth-order valence-electron chi connectivity index (χ4n) is 3.59. The van der Waals surface area contributed by atoms with Crippen LogP contribution in [0.3, 0.4) is 0 Å². The first-order valence-corrected chi connectivity index (χ1v) is 10.1. The average Bonchev–Trinajstić information content (AvgIpc) is 3.42. The molecule has 0 atom stereocenters. The third-order valence-electron chi connectivity index (χ3n) is 5.24. The van der Waals surface area contributed by atoms with E-state index in [-0.39, 0.29) is 29.9 Å². The van der Waals surface area contributed by atoms with Crippen LogP contribution >= 0.6 is 0 Å². The largest absolute Gasteiger partial charge is 0.474 e. The third kappa shape index (κ3) is 4.68. The third-order valence-corrected chi connectivity index (χ3v) is 5.24. The summed E-state index contributed by atoms with van der Waals surface area (Å²) >= 11 is 0. The molecule has 0 bridgehead atoms. The standard InChI is InChI=1S/C21H22N6O4/c1-14-20(24-25-26(14)16-5-4-6-17(12-16)27(29)30)21(28)23-13-15-9-10-22-19(11-15)31-18-7-2-3-8-18/h4-6,9-12,18H,2-3,7-8,13H2,1H3,(H,23,28). The summed E-state index contributed by atoms with van der Waals surface area (Å²) in [6.45, 7) is 1.97. The summed E-state index contributed by atoms with van der Waals surface area (Å²) in [5.74, 6) is 0.177. The number of rotatable bonds is 7. The molecule has 1 N–H and O–H groups in total. The van der Waals surface area contributed by atoms with Crippen molar-refractivity contribution in [2.75, 3.05) is 0 Å². The lowest BCUT2D eigenvalue weighted by Crippen LogP contribution is -2.24. The van der Waals surface area contributed by atoms with Crippen molar-refractivity contribution in [1.82, 2.24) is 25.3 Å². The van der Waals surface area contributed by atoms with Gasteiger partial charge in [-0.15, -0.1) is 5.10 Å². The zero-order valence-electron chi connectivity index (χ0n) is 17.0. The molecular formula is C21H22N6O4. The summed E-state index contributed by atoms with van der Waals surface area (Å²) in [7, 11) is 0. The number of nitrogens with one attached hydrogen (secondary N) is 1. The van der Waals surface area contributed by atoms with Crippen LogP contribution in [0.4, 0.5) is 5.69 Å². The molecule has 1 aromatic carbocycles. The number of nitro benzene ring substituents is 1. The number of amides is 1. The molecule has 4 rings (SSSR count). The average molecular weight is 422 g/mol. The highest BCUT2D eigenvalue weighted by Crippen LogP contribution is 2.23. The minimum absolute atomic E-state index is 0.0632. The maximum Gasteiger partial charge on any atom is 0.274 e. The summed E-state index contributed by atoms with van der Waals surface area (Å²) < 4.78 is 7.31. The van der Waals surface area contributed by atoms with E-state index in [4.69, 9.17) is 4.74 Å². The van der Waals surface area contributed by atoms with E-state index in [0.29, 0.717) is 17.3 Å². The molecule has 1 saturated carbocycles. The van der Waals surface area contributed by atoms with Crippen LogP contribution in [-0.4, -0.2) is 36.9 Å². The first kappa shape index (κ1) is 20.5. The number of aromatic nitrogens is 4. The van der Waals surface area contributed by atoms with Crippen LogP contribution in [0.5, 0.6) is 5.88 Å². The van der Waals surface area contributed by atoms with Crippen molar-refractivity contribution in [2.24, 2.45) is 0 Å². The molecule has 0 unspecified atom stereocenters. The molecule has 10 heteroatoms. The normalized spacial score (nSPS) is 13.8. The second-order valence-corrected chi connectivity index (χ2v) is 7.42. The van der Waals surface area contributed by atoms with E-state index in [2.05, 4.69) is 20.6 Å². The Bertz CT molecular complexity index is 1110. The minimum Gasteiger partial charge on any atom is -0.474 e. The summed E-state index contributed by atoms with van der Waals surface area (Å²) in [5.41, 5.74) is 1.90. The van der Waals surface area contributed by atoms with Crippen LogP contribution < -0.4 is 10.1 Å². The molecular weight excluding hydrogens is 400 g/mol. The van der Waals surface area contributed by atoms with Crippen LogP contribution in [0.15, 0.2) is 42.6 Å². The molecule has 10 nitrogen and oxygen atoms in total.